The molecule has 0 aromatic carbocycles. The third kappa shape index (κ3) is 6.21. The minimum atomic E-state index is -0.727. The van der Waals surface area contributed by atoms with Crippen LogP contribution in [0.5, 0.6) is 0 Å². The van der Waals surface area contributed by atoms with Crippen molar-refractivity contribution in [3.63, 3.8) is 0 Å². The Labute approximate surface area is 217 Å². The van der Waals surface area contributed by atoms with Crippen LogP contribution in [0.4, 0.5) is 16.0 Å². The van der Waals surface area contributed by atoms with Crippen LogP contribution in [0.15, 0.2) is 85.6 Å². The molecule has 1 aromatic rings. The zero-order valence-corrected chi connectivity index (χ0v) is 21.4. The predicted molar refractivity (Wildman–Crippen MR) is 146 cm³/mol. The molecule has 1 fully saturated rings. The van der Waals surface area contributed by atoms with Crippen LogP contribution in [-0.2, 0) is 16.0 Å². The SMILES string of the molecule is C=C/C=C(\C=C/C)N1C(N/C(C=C)=C/CC=C)=CC(=O)Cc2c1nc(N1CCOCC1)c(F)c2C(C)=O. The smallest absolute Gasteiger partial charge is 0.176 e. The molecular weight excluding hydrogens is 471 g/mol. The number of nitrogens with one attached hydrogen (secondary N) is 1. The number of hydrogen-bond donors (Lipinski definition) is 1. The monoisotopic (exact) mass is 504 g/mol. The summed E-state index contributed by atoms with van der Waals surface area (Å²) in [6.07, 6.45) is 14.1. The molecule has 8 heteroatoms. The first-order valence-electron chi connectivity index (χ1n) is 12.1. The van der Waals surface area contributed by atoms with Gasteiger partial charge in [-0.15, -0.1) is 6.58 Å². The van der Waals surface area contributed by atoms with Crippen molar-refractivity contribution in [2.24, 2.45) is 0 Å². The topological polar surface area (TPSA) is 74.8 Å². The number of fused-ring (bicyclic) bond motifs is 1. The normalized spacial score (nSPS) is 16.7. The molecule has 2 aliphatic rings. The van der Waals surface area contributed by atoms with Crippen molar-refractivity contribution in [3.05, 3.63) is 103 Å². The molecule has 0 aliphatic carbocycles. The van der Waals surface area contributed by atoms with E-state index in [0.29, 0.717) is 49.9 Å². The van der Waals surface area contributed by atoms with Crippen molar-refractivity contribution < 1.29 is 18.7 Å². The molecule has 1 N–H and O–H groups in total. The third-order valence-electron chi connectivity index (χ3n) is 5.84. The number of carbonyl (C=O) groups excluding carboxylic acids is 2. The quantitative estimate of drug-likeness (QED) is 0.276. The molecule has 0 bridgehead atoms. The van der Waals surface area contributed by atoms with Gasteiger partial charge in [0, 0.05) is 42.5 Å². The molecule has 0 radical (unpaired) electrons. The van der Waals surface area contributed by atoms with Gasteiger partial charge in [0.25, 0.3) is 0 Å². The number of anilines is 2. The van der Waals surface area contributed by atoms with E-state index in [9.17, 15) is 9.59 Å². The van der Waals surface area contributed by atoms with Crippen LogP contribution in [0.25, 0.3) is 0 Å². The van der Waals surface area contributed by atoms with Gasteiger partial charge < -0.3 is 15.0 Å². The van der Waals surface area contributed by atoms with E-state index in [1.807, 2.05) is 25.2 Å². The second-order valence-electron chi connectivity index (χ2n) is 8.43. The van der Waals surface area contributed by atoms with Crippen LogP contribution in [0.1, 0.15) is 36.2 Å². The molecule has 3 heterocycles. The number of rotatable bonds is 10. The fourth-order valence-electron chi connectivity index (χ4n) is 4.23. The van der Waals surface area contributed by atoms with Crippen molar-refractivity contribution in [1.29, 1.82) is 0 Å². The number of aromatic nitrogens is 1. The van der Waals surface area contributed by atoms with E-state index in [2.05, 4.69) is 25.1 Å². The largest absolute Gasteiger partial charge is 0.378 e. The average Bonchev–Trinajstić information content (AvgIpc) is 3.01. The maximum absolute atomic E-state index is 15.9. The number of morpholine rings is 1. The van der Waals surface area contributed by atoms with Gasteiger partial charge in [0.15, 0.2) is 23.2 Å². The molecule has 0 amide bonds. The van der Waals surface area contributed by atoms with E-state index in [1.54, 1.807) is 34.1 Å². The van der Waals surface area contributed by atoms with E-state index < -0.39 is 11.6 Å². The number of Topliss-reactive ketones (excluding diaryl/α,β-unsaturated/α-hetero) is 1. The first kappa shape index (κ1) is 27.5. The molecule has 3 rings (SSSR count). The lowest BCUT2D eigenvalue weighted by atomic mass is 9.99. The van der Waals surface area contributed by atoms with Gasteiger partial charge in [0.2, 0.25) is 0 Å². The Bertz CT molecular complexity index is 1220. The van der Waals surface area contributed by atoms with Gasteiger partial charge in [-0.2, -0.15) is 0 Å². The van der Waals surface area contributed by atoms with Gasteiger partial charge in [-0.05, 0) is 38.5 Å². The molecule has 37 heavy (non-hydrogen) atoms. The van der Waals surface area contributed by atoms with Crippen molar-refractivity contribution in [2.45, 2.75) is 26.7 Å². The molecule has 2 aliphatic heterocycles. The van der Waals surface area contributed by atoms with Gasteiger partial charge in [0.05, 0.1) is 18.8 Å². The van der Waals surface area contributed by atoms with Crippen LogP contribution >= 0.6 is 0 Å². The third-order valence-corrected chi connectivity index (χ3v) is 5.84. The lowest BCUT2D eigenvalue weighted by Gasteiger charge is -2.33. The number of hydrogen-bond acceptors (Lipinski definition) is 7. The highest BCUT2D eigenvalue weighted by atomic mass is 19.1. The maximum Gasteiger partial charge on any atom is 0.176 e. The number of ether oxygens (including phenoxy) is 1. The number of ketones is 2. The summed E-state index contributed by atoms with van der Waals surface area (Å²) in [5.74, 6) is -0.791. The molecule has 1 aromatic heterocycles. The molecule has 194 valence electrons. The van der Waals surface area contributed by atoms with Gasteiger partial charge in [-0.25, -0.2) is 9.37 Å². The zero-order chi connectivity index (χ0) is 26.9. The summed E-state index contributed by atoms with van der Waals surface area (Å²) in [6, 6.07) is 0. The van der Waals surface area contributed by atoms with Crippen molar-refractivity contribution in [3.8, 4) is 0 Å². The van der Waals surface area contributed by atoms with E-state index >= 15 is 4.39 Å². The van der Waals surface area contributed by atoms with Crippen LogP contribution in [0.3, 0.4) is 0 Å². The van der Waals surface area contributed by atoms with Crippen LogP contribution in [-0.4, -0.2) is 42.9 Å². The molecule has 0 unspecified atom stereocenters. The van der Waals surface area contributed by atoms with Crippen LogP contribution < -0.4 is 15.1 Å². The standard InChI is InChI=1S/C29H33FN4O3/c1-6-10-13-21(9-4)31-25-19-23(36)18-24-26(20(5)35)27(30)29(33-14-16-37-17-15-33)32-28(24)34(25)22(11-7-2)12-8-3/h6-9,11-13,19,31H,1-2,4,10,14-18H2,3,5H3/b12-8-,21-13+,22-11+. The predicted octanol–water partition coefficient (Wildman–Crippen LogP) is 4.91. The maximum atomic E-state index is 15.9. The molecule has 0 saturated carbocycles. The number of allylic oxidation sites excluding steroid dienone is 8. The Hall–Kier alpha value is -4.04. The molecule has 0 spiro atoms. The minimum Gasteiger partial charge on any atom is -0.378 e. The number of pyridine rings is 1. The zero-order valence-electron chi connectivity index (χ0n) is 21.4. The molecular formula is C29H33FN4O3. The second-order valence-corrected chi connectivity index (χ2v) is 8.43. The average molecular weight is 505 g/mol. The fraction of sp³-hybridized carbons (Fsp3) is 0.276. The second kappa shape index (κ2) is 12.8. The minimum absolute atomic E-state index is 0.0514. The molecule has 0 atom stereocenters. The molecule has 7 nitrogen and oxygen atoms in total. The van der Waals surface area contributed by atoms with Gasteiger partial charge in [-0.3, -0.25) is 14.5 Å². The number of nitrogens with zero attached hydrogens (tertiary/aromatic N) is 3. The van der Waals surface area contributed by atoms with Crippen LogP contribution in [0, 0.1) is 5.82 Å². The van der Waals surface area contributed by atoms with Crippen molar-refractivity contribution >= 4 is 23.2 Å². The van der Waals surface area contributed by atoms with E-state index in [0.717, 1.165) is 0 Å². The van der Waals surface area contributed by atoms with Crippen LogP contribution in [0.2, 0.25) is 0 Å². The fourth-order valence-corrected chi connectivity index (χ4v) is 4.23. The Morgan fingerprint density at radius 1 is 1.24 bits per heavy atom. The summed E-state index contributed by atoms with van der Waals surface area (Å²) in [6.45, 7) is 16.3. The highest BCUT2D eigenvalue weighted by molar-refractivity contribution is 6.03. The van der Waals surface area contributed by atoms with E-state index in [4.69, 9.17) is 9.72 Å². The summed E-state index contributed by atoms with van der Waals surface area (Å²) >= 11 is 0. The number of halogens is 1. The van der Waals surface area contributed by atoms with Gasteiger partial charge in [0.1, 0.15) is 11.6 Å². The van der Waals surface area contributed by atoms with Gasteiger partial charge >= 0.3 is 0 Å². The summed E-state index contributed by atoms with van der Waals surface area (Å²) in [5.41, 5.74) is 1.35. The lowest BCUT2D eigenvalue weighted by Crippen LogP contribution is -2.38. The Balaban J connectivity index is 2.36. The number of carbonyl (C=O) groups is 2. The highest BCUT2D eigenvalue weighted by Gasteiger charge is 2.33. The molecule has 1 saturated heterocycles. The highest BCUT2D eigenvalue weighted by Crippen LogP contribution is 2.37. The first-order chi connectivity index (χ1) is 17.9. The lowest BCUT2D eigenvalue weighted by molar-refractivity contribution is -0.114. The Morgan fingerprint density at radius 3 is 2.57 bits per heavy atom. The van der Waals surface area contributed by atoms with Crippen molar-refractivity contribution in [1.82, 2.24) is 10.3 Å². The van der Waals surface area contributed by atoms with Gasteiger partial charge in [-0.1, -0.05) is 37.5 Å². The Morgan fingerprint density at radius 2 is 1.97 bits per heavy atom. The van der Waals surface area contributed by atoms with E-state index in [1.165, 1.54) is 13.0 Å². The summed E-state index contributed by atoms with van der Waals surface area (Å²) < 4.78 is 21.3. The Kier molecular flexibility index (Phi) is 9.51. The van der Waals surface area contributed by atoms with E-state index in [-0.39, 0.29) is 35.0 Å². The summed E-state index contributed by atoms with van der Waals surface area (Å²) in [7, 11) is 0. The summed E-state index contributed by atoms with van der Waals surface area (Å²) in [5, 5.41) is 3.26. The van der Waals surface area contributed by atoms with Crippen molar-refractivity contribution in [2.75, 3.05) is 36.1 Å². The first-order valence-corrected chi connectivity index (χ1v) is 12.1. The summed E-state index contributed by atoms with van der Waals surface area (Å²) in [4.78, 5) is 34.2.